The molecule has 1 aromatic carbocycles. The van der Waals surface area contributed by atoms with Crippen LogP contribution in [0.5, 0.6) is 0 Å². The first-order valence-corrected chi connectivity index (χ1v) is 7.37. The van der Waals surface area contributed by atoms with Crippen molar-refractivity contribution in [2.75, 3.05) is 13.1 Å². The highest BCUT2D eigenvalue weighted by Gasteiger charge is 2.38. The van der Waals surface area contributed by atoms with Crippen molar-refractivity contribution in [3.63, 3.8) is 0 Å². The summed E-state index contributed by atoms with van der Waals surface area (Å²) in [5.41, 5.74) is 0. The van der Waals surface area contributed by atoms with E-state index in [-0.39, 0.29) is 14.4 Å². The Hall–Kier alpha value is -1.03. The normalized spacial score (nSPS) is 12.7. The van der Waals surface area contributed by atoms with Gasteiger partial charge < -0.3 is 5.11 Å². The van der Waals surface area contributed by atoms with E-state index in [0.29, 0.717) is 0 Å². The molecule has 0 aliphatic rings. The van der Waals surface area contributed by atoms with Crippen molar-refractivity contribution in [2.24, 2.45) is 0 Å². The van der Waals surface area contributed by atoms with Crippen molar-refractivity contribution >= 4 is 39.2 Å². The van der Waals surface area contributed by atoms with Gasteiger partial charge in [-0.15, -0.1) is 0 Å². The van der Waals surface area contributed by atoms with Gasteiger partial charge >= 0.3 is 12.1 Å². The molecule has 0 aliphatic carbocycles. The van der Waals surface area contributed by atoms with Crippen LogP contribution < -0.4 is 0 Å². The Bertz CT molecular complexity index is 648. The van der Waals surface area contributed by atoms with Gasteiger partial charge in [-0.2, -0.15) is 17.5 Å². The minimum atomic E-state index is -4.91. The van der Waals surface area contributed by atoms with Crippen LogP contribution in [0.2, 0.25) is 10.0 Å². The van der Waals surface area contributed by atoms with Gasteiger partial charge in [0.15, 0.2) is 0 Å². The van der Waals surface area contributed by atoms with E-state index in [0.717, 1.165) is 12.1 Å². The number of alkyl halides is 3. The van der Waals surface area contributed by atoms with Gasteiger partial charge in [-0.05, 0) is 18.2 Å². The van der Waals surface area contributed by atoms with Crippen LogP contribution in [0.3, 0.4) is 0 Å². The lowest BCUT2D eigenvalue weighted by Gasteiger charge is -2.22. The van der Waals surface area contributed by atoms with Crippen LogP contribution in [0, 0.1) is 0 Å². The fourth-order valence-electron chi connectivity index (χ4n) is 1.39. The number of carboxylic acids is 1. The lowest BCUT2D eigenvalue weighted by molar-refractivity contribution is -0.146. The Morgan fingerprint density at radius 1 is 1.29 bits per heavy atom. The molecule has 5 nitrogen and oxygen atoms in total. The predicted molar refractivity (Wildman–Crippen MR) is 68.9 cm³/mol. The molecule has 11 heteroatoms. The Balaban J connectivity index is 3.32. The molecule has 1 rings (SSSR count). The monoisotopic (exact) mass is 365 g/mol. The minimum Gasteiger partial charge on any atom is -0.480 e. The van der Waals surface area contributed by atoms with Crippen LogP contribution in [0.4, 0.5) is 13.2 Å². The second-order valence-electron chi connectivity index (χ2n) is 3.86. The minimum absolute atomic E-state index is 0.0692. The number of benzene rings is 1. The van der Waals surface area contributed by atoms with Crippen LogP contribution in [-0.4, -0.2) is 43.1 Å². The third kappa shape index (κ3) is 5.03. The van der Waals surface area contributed by atoms with Crippen molar-refractivity contribution in [3.8, 4) is 0 Å². The van der Waals surface area contributed by atoms with Crippen LogP contribution in [0.25, 0.3) is 0 Å². The van der Waals surface area contributed by atoms with E-state index >= 15 is 0 Å². The summed E-state index contributed by atoms with van der Waals surface area (Å²) >= 11 is 11.2. The summed E-state index contributed by atoms with van der Waals surface area (Å²) in [4.78, 5) is 9.90. The van der Waals surface area contributed by atoms with Gasteiger partial charge in [0.05, 0.1) is 5.02 Å². The average Bonchev–Trinajstić information content (AvgIpc) is 2.29. The molecule has 0 amide bonds. The maximum atomic E-state index is 12.4. The van der Waals surface area contributed by atoms with Crippen molar-refractivity contribution < 1.29 is 31.5 Å². The Morgan fingerprint density at radius 3 is 2.33 bits per heavy atom. The number of rotatable bonds is 5. The zero-order chi connectivity index (χ0) is 16.4. The topological polar surface area (TPSA) is 74.7 Å². The lowest BCUT2D eigenvalue weighted by atomic mass is 10.4. The van der Waals surface area contributed by atoms with Gasteiger partial charge in [-0.1, -0.05) is 23.2 Å². The molecule has 0 bridgehead atoms. The molecule has 1 aromatic rings. The van der Waals surface area contributed by atoms with Crippen molar-refractivity contribution in [1.29, 1.82) is 0 Å². The second-order valence-corrected chi connectivity index (χ2v) is 6.61. The summed E-state index contributed by atoms with van der Waals surface area (Å²) < 4.78 is 61.3. The third-order valence-electron chi connectivity index (χ3n) is 2.18. The Morgan fingerprint density at radius 2 is 1.86 bits per heavy atom. The lowest BCUT2D eigenvalue weighted by Crippen LogP contribution is -2.42. The summed E-state index contributed by atoms with van der Waals surface area (Å²) in [5.74, 6) is -1.74. The number of hydrogen-bond donors (Lipinski definition) is 1. The number of sulfonamides is 1. The molecule has 0 spiro atoms. The zero-order valence-electron chi connectivity index (χ0n) is 10.1. The summed E-state index contributed by atoms with van der Waals surface area (Å²) in [6.45, 7) is -3.31. The van der Waals surface area contributed by atoms with E-state index in [1.165, 1.54) is 6.07 Å². The molecule has 0 radical (unpaired) electrons. The van der Waals surface area contributed by atoms with Crippen molar-refractivity contribution in [2.45, 2.75) is 11.1 Å². The Kier molecular flexibility index (Phi) is 5.48. The first-order valence-electron chi connectivity index (χ1n) is 5.17. The molecule has 0 fully saturated rings. The van der Waals surface area contributed by atoms with E-state index in [1.54, 1.807) is 0 Å². The smallest absolute Gasteiger partial charge is 0.402 e. The Labute approximate surface area is 127 Å². The van der Waals surface area contributed by atoms with E-state index < -0.39 is 40.2 Å². The summed E-state index contributed by atoms with van der Waals surface area (Å²) in [6, 6.07) is 3.18. The zero-order valence-corrected chi connectivity index (χ0v) is 12.4. The van der Waals surface area contributed by atoms with Gasteiger partial charge in [-0.3, -0.25) is 4.79 Å². The summed E-state index contributed by atoms with van der Waals surface area (Å²) in [7, 11) is -4.77. The predicted octanol–water partition coefficient (Wildman–Crippen LogP) is 2.63. The third-order valence-corrected chi connectivity index (χ3v) is 4.69. The molecule has 21 heavy (non-hydrogen) atoms. The van der Waals surface area contributed by atoms with E-state index in [2.05, 4.69) is 0 Å². The summed E-state index contributed by atoms with van der Waals surface area (Å²) in [6.07, 6.45) is -4.91. The van der Waals surface area contributed by atoms with Crippen LogP contribution >= 0.6 is 23.2 Å². The van der Waals surface area contributed by atoms with Gasteiger partial charge in [-0.25, -0.2) is 8.42 Å². The highest BCUT2D eigenvalue weighted by Crippen LogP contribution is 2.29. The van der Waals surface area contributed by atoms with E-state index in [1.807, 2.05) is 0 Å². The largest absolute Gasteiger partial charge is 0.480 e. The van der Waals surface area contributed by atoms with Gasteiger partial charge in [0.25, 0.3) is 0 Å². The van der Waals surface area contributed by atoms with Crippen LogP contribution in [0.1, 0.15) is 0 Å². The second kappa shape index (κ2) is 6.39. The number of nitrogens with zero attached hydrogens (tertiary/aromatic N) is 1. The molecular weight excluding hydrogens is 358 g/mol. The standard InChI is InChI=1S/C10H8Cl2F3NO4S/c11-6-1-2-7(12)8(3-6)21(19,20)16(4-9(17)18)5-10(13,14)15/h1-3H,4-5H2,(H,17,18). The number of carboxylic acid groups (broad SMARTS) is 1. The van der Waals surface area contributed by atoms with Gasteiger partial charge in [0, 0.05) is 5.02 Å². The van der Waals surface area contributed by atoms with Crippen LogP contribution in [-0.2, 0) is 14.8 Å². The number of aliphatic carboxylic acids is 1. The highest BCUT2D eigenvalue weighted by molar-refractivity contribution is 7.89. The first-order chi connectivity index (χ1) is 9.43. The molecule has 0 aliphatic heterocycles. The van der Waals surface area contributed by atoms with Crippen LogP contribution in [0.15, 0.2) is 23.1 Å². The number of carbonyl (C=O) groups is 1. The number of halogens is 5. The maximum absolute atomic E-state index is 12.4. The first kappa shape index (κ1) is 18.0. The fourth-order valence-corrected chi connectivity index (χ4v) is 3.50. The van der Waals surface area contributed by atoms with E-state index in [4.69, 9.17) is 28.3 Å². The molecule has 0 unspecified atom stereocenters. The molecule has 0 heterocycles. The SMILES string of the molecule is O=C(O)CN(CC(F)(F)F)S(=O)(=O)c1cc(Cl)ccc1Cl. The molecule has 1 N–H and O–H groups in total. The quantitative estimate of drug-likeness (QED) is 0.870. The molecule has 0 saturated carbocycles. The average molecular weight is 366 g/mol. The maximum Gasteiger partial charge on any atom is 0.402 e. The van der Waals surface area contributed by atoms with Gasteiger partial charge in [0.2, 0.25) is 10.0 Å². The highest BCUT2D eigenvalue weighted by atomic mass is 35.5. The van der Waals surface area contributed by atoms with E-state index in [9.17, 15) is 26.4 Å². The molecular formula is C10H8Cl2F3NO4S. The summed E-state index contributed by atoms with van der Waals surface area (Å²) in [5, 5.41) is 8.15. The molecule has 0 saturated heterocycles. The van der Waals surface area contributed by atoms with Gasteiger partial charge in [0.1, 0.15) is 18.0 Å². The fraction of sp³-hybridized carbons (Fsp3) is 0.300. The molecule has 118 valence electrons. The van der Waals surface area contributed by atoms with Crippen molar-refractivity contribution in [3.05, 3.63) is 28.2 Å². The van der Waals surface area contributed by atoms with Crippen molar-refractivity contribution in [1.82, 2.24) is 4.31 Å². The molecule has 0 atom stereocenters. The molecule has 0 aromatic heterocycles. The number of hydrogen-bond acceptors (Lipinski definition) is 3.